The van der Waals surface area contributed by atoms with E-state index in [1.165, 1.54) is 43.6 Å². The lowest BCUT2D eigenvalue weighted by Gasteiger charge is -2.21. The SMILES string of the molecule is CCC(N)Cc1ccc(N2CC3CCCC3C2)cc1Cl. The van der Waals surface area contributed by atoms with Crippen LogP contribution in [-0.4, -0.2) is 19.1 Å². The van der Waals surface area contributed by atoms with Crippen LogP contribution in [0.25, 0.3) is 0 Å². The van der Waals surface area contributed by atoms with Crippen LogP contribution in [0, 0.1) is 11.8 Å². The second kappa shape index (κ2) is 5.95. The van der Waals surface area contributed by atoms with Gasteiger partial charge >= 0.3 is 0 Å². The standard InChI is InChI=1S/C17H25ClN2/c1-2-15(19)8-12-6-7-16(9-17(12)18)20-10-13-4-3-5-14(13)11-20/h6-7,9,13-15H,2-5,8,10-11,19H2,1H3. The molecule has 3 atom stereocenters. The lowest BCUT2D eigenvalue weighted by molar-refractivity contribution is 0.494. The summed E-state index contributed by atoms with van der Waals surface area (Å²) in [6.45, 7) is 4.56. The Kier molecular flexibility index (Phi) is 4.23. The van der Waals surface area contributed by atoms with Gasteiger partial charge in [-0.3, -0.25) is 0 Å². The van der Waals surface area contributed by atoms with E-state index in [4.69, 9.17) is 17.3 Å². The largest absolute Gasteiger partial charge is 0.371 e. The summed E-state index contributed by atoms with van der Waals surface area (Å²) in [6, 6.07) is 6.75. The number of nitrogens with zero attached hydrogens (tertiary/aromatic N) is 1. The van der Waals surface area contributed by atoms with E-state index in [0.29, 0.717) is 0 Å². The van der Waals surface area contributed by atoms with Crippen molar-refractivity contribution in [3.05, 3.63) is 28.8 Å². The molecular formula is C17H25ClN2. The number of rotatable bonds is 4. The summed E-state index contributed by atoms with van der Waals surface area (Å²) < 4.78 is 0. The molecule has 0 bridgehead atoms. The van der Waals surface area contributed by atoms with Crippen molar-refractivity contribution in [1.29, 1.82) is 0 Å². The van der Waals surface area contributed by atoms with Gasteiger partial charge in [-0.2, -0.15) is 0 Å². The van der Waals surface area contributed by atoms with Crippen molar-refractivity contribution < 1.29 is 0 Å². The maximum absolute atomic E-state index is 6.45. The third-order valence-electron chi connectivity index (χ3n) is 5.13. The lowest BCUT2D eigenvalue weighted by atomic mass is 10.0. The molecule has 0 radical (unpaired) electrons. The molecule has 110 valence electrons. The third-order valence-corrected chi connectivity index (χ3v) is 5.49. The molecule has 3 unspecified atom stereocenters. The van der Waals surface area contributed by atoms with Crippen molar-refractivity contribution in [2.45, 2.75) is 45.1 Å². The van der Waals surface area contributed by atoms with E-state index in [-0.39, 0.29) is 6.04 Å². The summed E-state index contributed by atoms with van der Waals surface area (Å²) in [6.07, 6.45) is 6.13. The zero-order valence-electron chi connectivity index (χ0n) is 12.3. The normalized spacial score (nSPS) is 26.9. The van der Waals surface area contributed by atoms with Crippen LogP contribution in [0.3, 0.4) is 0 Å². The van der Waals surface area contributed by atoms with Gasteiger partial charge in [0.1, 0.15) is 0 Å². The van der Waals surface area contributed by atoms with Crippen LogP contribution in [0.4, 0.5) is 5.69 Å². The number of benzene rings is 1. The van der Waals surface area contributed by atoms with E-state index >= 15 is 0 Å². The molecule has 0 amide bonds. The first kappa shape index (κ1) is 14.2. The third kappa shape index (κ3) is 2.82. The number of fused-ring (bicyclic) bond motifs is 1. The fourth-order valence-corrected chi connectivity index (χ4v) is 4.02. The van der Waals surface area contributed by atoms with E-state index in [1.807, 2.05) is 0 Å². The minimum Gasteiger partial charge on any atom is -0.371 e. The van der Waals surface area contributed by atoms with Gasteiger partial charge in [0.05, 0.1) is 0 Å². The summed E-state index contributed by atoms with van der Waals surface area (Å²) in [5.41, 5.74) is 8.50. The molecule has 2 fully saturated rings. The van der Waals surface area contributed by atoms with E-state index < -0.39 is 0 Å². The Morgan fingerprint density at radius 2 is 2.00 bits per heavy atom. The Hall–Kier alpha value is -0.730. The molecule has 1 saturated carbocycles. The van der Waals surface area contributed by atoms with E-state index in [9.17, 15) is 0 Å². The lowest BCUT2D eigenvalue weighted by Crippen LogP contribution is -2.22. The zero-order valence-corrected chi connectivity index (χ0v) is 13.1. The quantitative estimate of drug-likeness (QED) is 0.913. The molecule has 1 aromatic carbocycles. The fraction of sp³-hybridized carbons (Fsp3) is 0.647. The van der Waals surface area contributed by atoms with E-state index in [0.717, 1.165) is 29.7 Å². The smallest absolute Gasteiger partial charge is 0.0459 e. The Balaban J connectivity index is 1.71. The summed E-state index contributed by atoms with van der Waals surface area (Å²) in [4.78, 5) is 2.52. The van der Waals surface area contributed by atoms with Crippen molar-refractivity contribution in [3.63, 3.8) is 0 Å². The number of halogens is 1. The van der Waals surface area contributed by atoms with Crippen LogP contribution < -0.4 is 10.6 Å². The van der Waals surface area contributed by atoms with Crippen molar-refractivity contribution in [2.75, 3.05) is 18.0 Å². The van der Waals surface area contributed by atoms with Gasteiger partial charge in [-0.05, 0) is 55.2 Å². The first-order valence-electron chi connectivity index (χ1n) is 7.96. The van der Waals surface area contributed by atoms with Gasteiger partial charge in [0.25, 0.3) is 0 Å². The van der Waals surface area contributed by atoms with Gasteiger partial charge in [-0.25, -0.2) is 0 Å². The van der Waals surface area contributed by atoms with Gasteiger partial charge in [0.2, 0.25) is 0 Å². The first-order chi connectivity index (χ1) is 9.67. The number of hydrogen-bond acceptors (Lipinski definition) is 2. The minimum absolute atomic E-state index is 0.212. The summed E-state index contributed by atoms with van der Waals surface area (Å²) >= 11 is 6.45. The van der Waals surface area contributed by atoms with Crippen molar-refractivity contribution >= 4 is 17.3 Å². The number of hydrogen-bond donors (Lipinski definition) is 1. The molecule has 1 aliphatic heterocycles. The van der Waals surface area contributed by atoms with Crippen LogP contribution in [0.2, 0.25) is 5.02 Å². The molecule has 2 nitrogen and oxygen atoms in total. The predicted octanol–water partition coefficient (Wildman–Crippen LogP) is 3.86. The molecule has 3 heteroatoms. The summed E-state index contributed by atoms with van der Waals surface area (Å²) in [7, 11) is 0. The molecule has 1 heterocycles. The number of nitrogens with two attached hydrogens (primary N) is 1. The van der Waals surface area contributed by atoms with Gasteiger partial charge in [-0.1, -0.05) is 31.0 Å². The Labute approximate surface area is 127 Å². The van der Waals surface area contributed by atoms with Crippen LogP contribution in [0.1, 0.15) is 38.2 Å². The summed E-state index contributed by atoms with van der Waals surface area (Å²) in [5.74, 6) is 1.84. The average molecular weight is 293 g/mol. The maximum Gasteiger partial charge on any atom is 0.0459 e. The topological polar surface area (TPSA) is 29.3 Å². The predicted molar refractivity (Wildman–Crippen MR) is 86.5 cm³/mol. The Bertz CT molecular complexity index is 462. The van der Waals surface area contributed by atoms with Crippen LogP contribution >= 0.6 is 11.6 Å². The Morgan fingerprint density at radius 1 is 1.30 bits per heavy atom. The second-order valence-electron chi connectivity index (χ2n) is 6.50. The molecular weight excluding hydrogens is 268 g/mol. The fourth-order valence-electron chi connectivity index (χ4n) is 3.77. The van der Waals surface area contributed by atoms with E-state index in [2.05, 4.69) is 30.0 Å². The van der Waals surface area contributed by atoms with Gasteiger partial charge in [-0.15, -0.1) is 0 Å². The molecule has 0 aromatic heterocycles. The molecule has 2 aliphatic rings. The van der Waals surface area contributed by atoms with Crippen LogP contribution in [0.5, 0.6) is 0 Å². The van der Waals surface area contributed by atoms with Gasteiger partial charge in [0.15, 0.2) is 0 Å². The molecule has 3 rings (SSSR count). The van der Waals surface area contributed by atoms with Gasteiger partial charge in [0, 0.05) is 29.8 Å². The highest BCUT2D eigenvalue weighted by molar-refractivity contribution is 6.31. The molecule has 2 N–H and O–H groups in total. The number of anilines is 1. The maximum atomic E-state index is 6.45. The second-order valence-corrected chi connectivity index (χ2v) is 6.91. The molecule has 1 aliphatic carbocycles. The highest BCUT2D eigenvalue weighted by atomic mass is 35.5. The Morgan fingerprint density at radius 3 is 2.60 bits per heavy atom. The van der Waals surface area contributed by atoms with Crippen molar-refractivity contribution in [3.8, 4) is 0 Å². The van der Waals surface area contributed by atoms with E-state index in [1.54, 1.807) is 0 Å². The highest BCUT2D eigenvalue weighted by Crippen LogP contribution is 2.40. The first-order valence-corrected chi connectivity index (χ1v) is 8.34. The molecule has 1 saturated heterocycles. The molecule has 20 heavy (non-hydrogen) atoms. The monoisotopic (exact) mass is 292 g/mol. The zero-order chi connectivity index (χ0) is 14.1. The van der Waals surface area contributed by atoms with Crippen LogP contribution in [0.15, 0.2) is 18.2 Å². The molecule has 1 aromatic rings. The van der Waals surface area contributed by atoms with Crippen molar-refractivity contribution in [2.24, 2.45) is 17.6 Å². The minimum atomic E-state index is 0.212. The van der Waals surface area contributed by atoms with Crippen molar-refractivity contribution in [1.82, 2.24) is 0 Å². The average Bonchev–Trinajstić information content (AvgIpc) is 3.01. The highest BCUT2D eigenvalue weighted by Gasteiger charge is 2.36. The summed E-state index contributed by atoms with van der Waals surface area (Å²) in [5, 5.41) is 0.878. The van der Waals surface area contributed by atoms with Gasteiger partial charge < -0.3 is 10.6 Å². The van der Waals surface area contributed by atoms with Crippen LogP contribution in [-0.2, 0) is 6.42 Å². The molecule has 0 spiro atoms.